The van der Waals surface area contributed by atoms with Crippen molar-refractivity contribution in [3.8, 4) is 11.4 Å². The minimum absolute atomic E-state index is 0.0803. The quantitative estimate of drug-likeness (QED) is 0.667. The third-order valence-electron chi connectivity index (χ3n) is 4.01. The van der Waals surface area contributed by atoms with Crippen LogP contribution in [0.15, 0.2) is 55.0 Å². The second-order valence-corrected chi connectivity index (χ2v) is 6.08. The number of nitrogens with zero attached hydrogens (tertiary/aromatic N) is 4. The van der Waals surface area contributed by atoms with Gasteiger partial charge in [0.25, 0.3) is 0 Å². The van der Waals surface area contributed by atoms with Gasteiger partial charge in [0, 0.05) is 13.2 Å². The number of likely N-dealkylation sites (N-methyl/N-ethyl adjacent to an activating group) is 1. The lowest BCUT2D eigenvalue weighted by atomic mass is 10.1. The standard InChI is InChI=1S/C19H17F3N4O2/c1-13-17(12-26(24-13)15-6-4-8-23-11-15)25(2)18(27)10-14-5-3-7-16(9-14)28-19(20,21)22/h3-9,11-12H,10H2,1-2H3. The number of anilines is 1. The Hall–Kier alpha value is -3.36. The van der Waals surface area contributed by atoms with Crippen LogP contribution in [0.4, 0.5) is 18.9 Å². The molecule has 0 N–H and O–H groups in total. The van der Waals surface area contributed by atoms with Crippen molar-refractivity contribution in [3.63, 3.8) is 0 Å². The van der Waals surface area contributed by atoms with E-state index >= 15 is 0 Å². The van der Waals surface area contributed by atoms with Gasteiger partial charge in [-0.1, -0.05) is 12.1 Å². The molecule has 1 amide bonds. The zero-order chi connectivity index (χ0) is 20.3. The smallest absolute Gasteiger partial charge is 0.406 e. The number of alkyl halides is 3. The van der Waals surface area contributed by atoms with E-state index in [1.54, 1.807) is 49.4 Å². The van der Waals surface area contributed by atoms with Crippen LogP contribution in [0.5, 0.6) is 5.75 Å². The van der Waals surface area contributed by atoms with Crippen LogP contribution in [0, 0.1) is 6.92 Å². The third kappa shape index (κ3) is 4.67. The van der Waals surface area contributed by atoms with E-state index in [9.17, 15) is 18.0 Å². The molecule has 2 heterocycles. The molecule has 0 aliphatic rings. The van der Waals surface area contributed by atoms with Gasteiger partial charge in [0.1, 0.15) is 5.75 Å². The molecule has 0 aliphatic carbocycles. The predicted octanol–water partition coefficient (Wildman–Crippen LogP) is 3.68. The Bertz CT molecular complexity index is 971. The summed E-state index contributed by atoms with van der Waals surface area (Å²) < 4.78 is 42.6. The number of aryl methyl sites for hydroxylation is 1. The van der Waals surface area contributed by atoms with Gasteiger partial charge in [0.2, 0.25) is 5.91 Å². The number of halogens is 3. The molecule has 2 aromatic heterocycles. The maximum Gasteiger partial charge on any atom is 0.573 e. The number of amides is 1. The first kappa shape index (κ1) is 19.4. The number of ether oxygens (including phenoxy) is 1. The van der Waals surface area contributed by atoms with Crippen LogP contribution < -0.4 is 9.64 Å². The number of rotatable bonds is 5. The molecular weight excluding hydrogens is 373 g/mol. The zero-order valence-electron chi connectivity index (χ0n) is 15.1. The van der Waals surface area contributed by atoms with Gasteiger partial charge in [-0.3, -0.25) is 9.78 Å². The lowest BCUT2D eigenvalue weighted by Crippen LogP contribution is -2.28. The fourth-order valence-corrected chi connectivity index (χ4v) is 2.68. The van der Waals surface area contributed by atoms with Crippen molar-refractivity contribution in [2.75, 3.05) is 11.9 Å². The van der Waals surface area contributed by atoms with E-state index in [0.29, 0.717) is 16.9 Å². The minimum Gasteiger partial charge on any atom is -0.406 e. The van der Waals surface area contributed by atoms with Crippen molar-refractivity contribution >= 4 is 11.6 Å². The van der Waals surface area contributed by atoms with Crippen LogP contribution in [0.1, 0.15) is 11.3 Å². The number of pyridine rings is 1. The van der Waals surface area contributed by atoms with Gasteiger partial charge in [-0.25, -0.2) is 4.68 Å². The molecule has 0 saturated heterocycles. The molecule has 0 bridgehead atoms. The first-order valence-corrected chi connectivity index (χ1v) is 8.31. The van der Waals surface area contributed by atoms with Gasteiger partial charge in [-0.2, -0.15) is 5.10 Å². The summed E-state index contributed by atoms with van der Waals surface area (Å²) in [7, 11) is 1.59. The Labute approximate surface area is 159 Å². The summed E-state index contributed by atoms with van der Waals surface area (Å²) in [6, 6.07) is 8.97. The van der Waals surface area contributed by atoms with Crippen molar-refractivity contribution < 1.29 is 22.7 Å². The highest BCUT2D eigenvalue weighted by Crippen LogP contribution is 2.24. The maximum absolute atomic E-state index is 12.6. The minimum atomic E-state index is -4.78. The van der Waals surface area contributed by atoms with Crippen molar-refractivity contribution in [3.05, 3.63) is 66.2 Å². The molecular formula is C19H17F3N4O2. The molecule has 9 heteroatoms. The van der Waals surface area contributed by atoms with Gasteiger partial charge in [0.15, 0.2) is 0 Å². The van der Waals surface area contributed by atoms with E-state index in [1.807, 2.05) is 6.07 Å². The van der Waals surface area contributed by atoms with Gasteiger partial charge in [0.05, 0.1) is 35.9 Å². The predicted molar refractivity (Wildman–Crippen MR) is 96.3 cm³/mol. The number of hydrogen-bond acceptors (Lipinski definition) is 4. The van der Waals surface area contributed by atoms with E-state index < -0.39 is 6.36 Å². The Balaban J connectivity index is 1.75. The SMILES string of the molecule is Cc1nn(-c2cccnc2)cc1N(C)C(=O)Cc1cccc(OC(F)(F)F)c1. The molecule has 0 unspecified atom stereocenters. The molecule has 28 heavy (non-hydrogen) atoms. The fourth-order valence-electron chi connectivity index (χ4n) is 2.68. The van der Waals surface area contributed by atoms with Crippen LogP contribution >= 0.6 is 0 Å². The van der Waals surface area contributed by atoms with Crippen molar-refractivity contribution in [2.24, 2.45) is 0 Å². The highest BCUT2D eigenvalue weighted by Gasteiger charge is 2.31. The van der Waals surface area contributed by atoms with Crippen molar-refractivity contribution in [2.45, 2.75) is 19.7 Å². The van der Waals surface area contributed by atoms with E-state index in [4.69, 9.17) is 0 Å². The maximum atomic E-state index is 12.6. The average Bonchev–Trinajstić information content (AvgIpc) is 3.02. The summed E-state index contributed by atoms with van der Waals surface area (Å²) in [5.74, 6) is -0.654. The molecule has 3 rings (SSSR count). The molecule has 0 aliphatic heterocycles. The summed E-state index contributed by atoms with van der Waals surface area (Å²) in [6.07, 6.45) is 0.130. The molecule has 0 spiro atoms. The topological polar surface area (TPSA) is 60.2 Å². The molecule has 0 radical (unpaired) electrons. The summed E-state index contributed by atoms with van der Waals surface area (Å²) in [6.45, 7) is 1.77. The highest BCUT2D eigenvalue weighted by atomic mass is 19.4. The molecule has 146 valence electrons. The fraction of sp³-hybridized carbons (Fsp3) is 0.211. The Morgan fingerprint density at radius 3 is 2.71 bits per heavy atom. The summed E-state index contributed by atoms with van der Waals surface area (Å²) in [5, 5.41) is 4.38. The highest BCUT2D eigenvalue weighted by molar-refractivity contribution is 5.94. The Morgan fingerprint density at radius 2 is 2.04 bits per heavy atom. The molecule has 6 nitrogen and oxygen atoms in total. The lowest BCUT2D eigenvalue weighted by molar-refractivity contribution is -0.274. The first-order chi connectivity index (χ1) is 13.2. The number of carbonyl (C=O) groups excluding carboxylic acids is 1. The largest absolute Gasteiger partial charge is 0.573 e. The van der Waals surface area contributed by atoms with Crippen molar-refractivity contribution in [1.82, 2.24) is 14.8 Å². The van der Waals surface area contributed by atoms with E-state index in [1.165, 1.54) is 23.1 Å². The van der Waals surface area contributed by atoms with Crippen LogP contribution in [-0.4, -0.2) is 34.1 Å². The second kappa shape index (κ2) is 7.71. The molecule has 0 fully saturated rings. The zero-order valence-corrected chi connectivity index (χ0v) is 15.1. The number of benzene rings is 1. The van der Waals surface area contributed by atoms with Crippen LogP contribution in [-0.2, 0) is 11.2 Å². The molecule has 1 aromatic carbocycles. The first-order valence-electron chi connectivity index (χ1n) is 8.31. The third-order valence-corrected chi connectivity index (χ3v) is 4.01. The molecule has 3 aromatic rings. The summed E-state index contributed by atoms with van der Waals surface area (Å²) in [4.78, 5) is 18.1. The Kier molecular flexibility index (Phi) is 5.34. The van der Waals surface area contributed by atoms with Crippen LogP contribution in [0.25, 0.3) is 5.69 Å². The lowest BCUT2D eigenvalue weighted by Gasteiger charge is -2.16. The summed E-state index contributed by atoms with van der Waals surface area (Å²) in [5.41, 5.74) is 2.39. The number of carbonyl (C=O) groups is 1. The molecule has 0 atom stereocenters. The van der Waals surface area contributed by atoms with Gasteiger partial charge < -0.3 is 9.64 Å². The molecule has 0 saturated carbocycles. The van der Waals surface area contributed by atoms with E-state index in [-0.39, 0.29) is 18.1 Å². The second-order valence-electron chi connectivity index (χ2n) is 6.08. The monoisotopic (exact) mass is 390 g/mol. The average molecular weight is 390 g/mol. The number of aromatic nitrogens is 3. The summed E-state index contributed by atoms with van der Waals surface area (Å²) >= 11 is 0. The van der Waals surface area contributed by atoms with Crippen LogP contribution in [0.2, 0.25) is 0 Å². The van der Waals surface area contributed by atoms with E-state index in [0.717, 1.165) is 5.69 Å². The van der Waals surface area contributed by atoms with Gasteiger partial charge >= 0.3 is 6.36 Å². The van der Waals surface area contributed by atoms with Gasteiger partial charge in [-0.05, 0) is 36.8 Å². The Morgan fingerprint density at radius 1 is 1.25 bits per heavy atom. The number of hydrogen-bond donors (Lipinski definition) is 0. The van der Waals surface area contributed by atoms with Crippen LogP contribution in [0.3, 0.4) is 0 Å². The van der Waals surface area contributed by atoms with Gasteiger partial charge in [-0.15, -0.1) is 13.2 Å². The van der Waals surface area contributed by atoms with Crippen molar-refractivity contribution in [1.29, 1.82) is 0 Å². The van der Waals surface area contributed by atoms with E-state index in [2.05, 4.69) is 14.8 Å². The normalized spacial score (nSPS) is 11.3.